The van der Waals surface area contributed by atoms with Crippen LogP contribution in [0.1, 0.15) is 17.4 Å². The molecule has 1 aromatic heterocycles. The monoisotopic (exact) mass is 247 g/mol. The molecule has 0 radical (unpaired) electrons. The molecule has 0 saturated heterocycles. The lowest BCUT2D eigenvalue weighted by atomic mass is 10.2. The molecule has 0 aliphatic heterocycles. The molecule has 0 fully saturated rings. The zero-order valence-electron chi connectivity index (χ0n) is 10.2. The highest BCUT2D eigenvalue weighted by molar-refractivity contribution is 7.10. The van der Waals surface area contributed by atoms with Crippen molar-refractivity contribution in [3.8, 4) is 5.75 Å². The summed E-state index contributed by atoms with van der Waals surface area (Å²) in [6.45, 7) is 5.73. The molecule has 2 nitrogen and oxygen atoms in total. The molecule has 0 aliphatic rings. The Morgan fingerprint density at radius 2 is 1.94 bits per heavy atom. The average molecular weight is 247 g/mol. The van der Waals surface area contributed by atoms with Crippen LogP contribution in [0.25, 0.3) is 0 Å². The van der Waals surface area contributed by atoms with Crippen LogP contribution in [-0.2, 0) is 6.54 Å². The molecule has 1 aromatic carbocycles. The molecule has 0 atom stereocenters. The van der Waals surface area contributed by atoms with E-state index in [1.165, 1.54) is 10.4 Å². The normalized spacial score (nSPS) is 10.2. The van der Waals surface area contributed by atoms with Crippen molar-refractivity contribution < 1.29 is 4.74 Å². The molecule has 0 spiro atoms. The van der Waals surface area contributed by atoms with Crippen molar-refractivity contribution in [1.29, 1.82) is 0 Å². The molecule has 1 N–H and O–H groups in total. The zero-order valence-corrected chi connectivity index (χ0v) is 11.0. The molecular formula is C14H17NOS. The van der Waals surface area contributed by atoms with Gasteiger partial charge in [-0.15, -0.1) is 11.3 Å². The minimum absolute atomic E-state index is 0.709. The predicted octanol–water partition coefficient (Wildman–Crippen LogP) is 4.07. The van der Waals surface area contributed by atoms with Crippen LogP contribution < -0.4 is 10.1 Å². The minimum atomic E-state index is 0.709. The summed E-state index contributed by atoms with van der Waals surface area (Å²) in [7, 11) is 0. The molecule has 0 amide bonds. The first-order valence-electron chi connectivity index (χ1n) is 5.79. The summed E-state index contributed by atoms with van der Waals surface area (Å²) in [5, 5.41) is 5.54. The Kier molecular flexibility index (Phi) is 4.04. The van der Waals surface area contributed by atoms with Gasteiger partial charge >= 0.3 is 0 Å². The van der Waals surface area contributed by atoms with E-state index in [0.29, 0.717) is 6.61 Å². The summed E-state index contributed by atoms with van der Waals surface area (Å²) in [4.78, 5) is 1.39. The van der Waals surface area contributed by atoms with Crippen LogP contribution in [0, 0.1) is 6.92 Å². The summed E-state index contributed by atoms with van der Waals surface area (Å²) in [5.41, 5.74) is 2.48. The number of benzene rings is 1. The molecule has 2 aromatic rings. The summed E-state index contributed by atoms with van der Waals surface area (Å²) in [6, 6.07) is 10.2. The van der Waals surface area contributed by atoms with Crippen molar-refractivity contribution in [3.63, 3.8) is 0 Å². The number of ether oxygens (including phenoxy) is 1. The summed E-state index contributed by atoms with van der Waals surface area (Å²) in [6.07, 6.45) is 0. The van der Waals surface area contributed by atoms with E-state index in [-0.39, 0.29) is 0 Å². The first-order valence-corrected chi connectivity index (χ1v) is 6.67. The second-order valence-corrected chi connectivity index (χ2v) is 4.84. The summed E-state index contributed by atoms with van der Waals surface area (Å²) >= 11 is 1.79. The molecular weight excluding hydrogens is 230 g/mol. The van der Waals surface area contributed by atoms with Crippen molar-refractivity contribution in [1.82, 2.24) is 0 Å². The third kappa shape index (κ3) is 3.24. The van der Waals surface area contributed by atoms with E-state index in [1.807, 2.05) is 31.2 Å². The van der Waals surface area contributed by atoms with Gasteiger partial charge in [0.2, 0.25) is 0 Å². The van der Waals surface area contributed by atoms with Crippen molar-refractivity contribution in [3.05, 3.63) is 46.2 Å². The molecule has 0 saturated carbocycles. The average Bonchev–Trinajstić information content (AvgIpc) is 2.75. The fourth-order valence-corrected chi connectivity index (χ4v) is 2.45. The van der Waals surface area contributed by atoms with Crippen molar-refractivity contribution in [2.24, 2.45) is 0 Å². The fraction of sp³-hybridized carbons (Fsp3) is 0.286. The number of rotatable bonds is 5. The van der Waals surface area contributed by atoms with E-state index in [1.54, 1.807) is 11.3 Å². The molecule has 0 aliphatic carbocycles. The van der Waals surface area contributed by atoms with Gasteiger partial charge in [0.1, 0.15) is 5.75 Å². The Bertz CT molecular complexity index is 461. The van der Waals surface area contributed by atoms with Crippen LogP contribution in [-0.4, -0.2) is 6.61 Å². The topological polar surface area (TPSA) is 21.3 Å². The number of hydrogen-bond acceptors (Lipinski definition) is 3. The van der Waals surface area contributed by atoms with Crippen LogP contribution in [0.2, 0.25) is 0 Å². The van der Waals surface area contributed by atoms with Crippen LogP contribution in [0.3, 0.4) is 0 Å². The second-order valence-electron chi connectivity index (χ2n) is 3.84. The maximum atomic E-state index is 5.40. The van der Waals surface area contributed by atoms with Gasteiger partial charge in [0.25, 0.3) is 0 Å². The van der Waals surface area contributed by atoms with Gasteiger partial charge in [0, 0.05) is 17.1 Å². The number of nitrogens with one attached hydrogen (secondary N) is 1. The lowest BCUT2D eigenvalue weighted by Gasteiger charge is -2.07. The van der Waals surface area contributed by atoms with Gasteiger partial charge in [-0.05, 0) is 55.1 Å². The smallest absolute Gasteiger partial charge is 0.119 e. The maximum Gasteiger partial charge on any atom is 0.119 e. The van der Waals surface area contributed by atoms with Crippen LogP contribution in [0.15, 0.2) is 35.7 Å². The van der Waals surface area contributed by atoms with E-state index < -0.39 is 0 Å². The van der Waals surface area contributed by atoms with Gasteiger partial charge in [-0.2, -0.15) is 0 Å². The van der Waals surface area contributed by atoms with Crippen molar-refractivity contribution >= 4 is 17.0 Å². The lowest BCUT2D eigenvalue weighted by Crippen LogP contribution is -1.98. The quantitative estimate of drug-likeness (QED) is 0.860. The number of aryl methyl sites for hydroxylation is 1. The van der Waals surface area contributed by atoms with E-state index in [9.17, 15) is 0 Å². The van der Waals surface area contributed by atoms with Gasteiger partial charge in [0.15, 0.2) is 0 Å². The maximum absolute atomic E-state index is 5.40. The van der Waals surface area contributed by atoms with Gasteiger partial charge in [-0.1, -0.05) is 0 Å². The first kappa shape index (κ1) is 12.0. The van der Waals surface area contributed by atoms with Gasteiger partial charge < -0.3 is 10.1 Å². The van der Waals surface area contributed by atoms with Crippen LogP contribution in [0.4, 0.5) is 5.69 Å². The van der Waals surface area contributed by atoms with Crippen molar-refractivity contribution in [2.75, 3.05) is 11.9 Å². The minimum Gasteiger partial charge on any atom is -0.494 e. The van der Waals surface area contributed by atoms with E-state index >= 15 is 0 Å². The Labute approximate surface area is 106 Å². The fourth-order valence-electron chi connectivity index (χ4n) is 1.60. The zero-order chi connectivity index (χ0) is 12.1. The van der Waals surface area contributed by atoms with E-state index in [2.05, 4.69) is 23.7 Å². The molecule has 1 heterocycles. The standard InChI is InChI=1S/C14H17NOS/c1-3-16-13-6-4-12(5-7-13)15-10-14-11(2)8-9-17-14/h4-9,15H,3,10H2,1-2H3. The SMILES string of the molecule is CCOc1ccc(NCc2sccc2C)cc1. The largest absolute Gasteiger partial charge is 0.494 e. The van der Waals surface area contributed by atoms with Crippen LogP contribution in [0.5, 0.6) is 5.75 Å². The Hall–Kier alpha value is -1.48. The Morgan fingerprint density at radius 1 is 1.18 bits per heavy atom. The lowest BCUT2D eigenvalue weighted by molar-refractivity contribution is 0.340. The third-order valence-electron chi connectivity index (χ3n) is 2.59. The van der Waals surface area contributed by atoms with Crippen LogP contribution >= 0.6 is 11.3 Å². The highest BCUT2D eigenvalue weighted by Crippen LogP contribution is 2.19. The first-order chi connectivity index (χ1) is 8.29. The Balaban J connectivity index is 1.93. The molecule has 17 heavy (non-hydrogen) atoms. The number of hydrogen-bond donors (Lipinski definition) is 1. The summed E-state index contributed by atoms with van der Waals surface area (Å²) in [5.74, 6) is 0.922. The van der Waals surface area contributed by atoms with E-state index in [4.69, 9.17) is 4.74 Å². The second kappa shape index (κ2) is 5.73. The van der Waals surface area contributed by atoms with Gasteiger partial charge in [-0.3, -0.25) is 0 Å². The molecule has 90 valence electrons. The van der Waals surface area contributed by atoms with Gasteiger partial charge in [0.05, 0.1) is 6.61 Å². The molecule has 0 bridgehead atoms. The number of anilines is 1. The molecule has 0 unspecified atom stereocenters. The highest BCUT2D eigenvalue weighted by atomic mass is 32.1. The van der Waals surface area contributed by atoms with Gasteiger partial charge in [-0.25, -0.2) is 0 Å². The summed E-state index contributed by atoms with van der Waals surface area (Å²) < 4.78 is 5.40. The van der Waals surface area contributed by atoms with E-state index in [0.717, 1.165) is 18.0 Å². The van der Waals surface area contributed by atoms with Crippen molar-refractivity contribution in [2.45, 2.75) is 20.4 Å². The number of thiophene rings is 1. The Morgan fingerprint density at radius 3 is 2.53 bits per heavy atom. The third-order valence-corrected chi connectivity index (χ3v) is 3.61. The highest BCUT2D eigenvalue weighted by Gasteiger charge is 1.99. The molecule has 2 rings (SSSR count). The molecule has 3 heteroatoms. The predicted molar refractivity (Wildman–Crippen MR) is 74.0 cm³/mol.